The maximum Gasteiger partial charge on any atom is 0.338 e. The molecule has 0 bridgehead atoms. The Hall–Kier alpha value is -2.93. The molecule has 3 rings (SSSR count). The van der Waals surface area contributed by atoms with Gasteiger partial charge in [-0.25, -0.2) is 9.78 Å². The third-order valence-electron chi connectivity index (χ3n) is 4.60. The van der Waals surface area contributed by atoms with Crippen molar-refractivity contribution in [3.8, 4) is 5.75 Å². The Morgan fingerprint density at radius 3 is 2.53 bits per heavy atom. The molecule has 6 nitrogen and oxygen atoms in total. The first-order valence-electron chi connectivity index (χ1n) is 10.2. The maximum absolute atomic E-state index is 12.5. The number of nitrogens with one attached hydrogen (secondary N) is 1. The number of amides is 1. The molecule has 0 unspecified atom stereocenters. The van der Waals surface area contributed by atoms with E-state index in [1.165, 1.54) is 11.3 Å². The van der Waals surface area contributed by atoms with Crippen LogP contribution in [0.5, 0.6) is 5.75 Å². The highest BCUT2D eigenvalue weighted by Gasteiger charge is 2.13. The number of hydrogen-bond donors (Lipinski definition) is 1. The van der Waals surface area contributed by atoms with E-state index in [1.807, 2.05) is 13.8 Å². The third-order valence-corrected chi connectivity index (χ3v) is 5.54. The third kappa shape index (κ3) is 5.57. The van der Waals surface area contributed by atoms with Gasteiger partial charge in [-0.3, -0.25) is 10.1 Å². The number of esters is 1. The maximum atomic E-state index is 12.5. The summed E-state index contributed by atoms with van der Waals surface area (Å²) >= 11 is 1.32. The Morgan fingerprint density at radius 2 is 1.83 bits per heavy atom. The smallest absolute Gasteiger partial charge is 0.338 e. The Labute approximate surface area is 180 Å². The van der Waals surface area contributed by atoms with Gasteiger partial charge in [0.05, 0.1) is 28.5 Å². The molecule has 0 saturated carbocycles. The lowest BCUT2D eigenvalue weighted by atomic mass is 10.2. The van der Waals surface area contributed by atoms with Crippen molar-refractivity contribution in [2.24, 2.45) is 0 Å². The highest BCUT2D eigenvalue weighted by atomic mass is 32.1. The summed E-state index contributed by atoms with van der Waals surface area (Å²) in [5.74, 6) is 0.145. The molecule has 2 aromatic carbocycles. The Morgan fingerprint density at radius 1 is 1.10 bits per heavy atom. The summed E-state index contributed by atoms with van der Waals surface area (Å²) in [6, 6.07) is 12.2. The highest BCUT2D eigenvalue weighted by Crippen LogP contribution is 2.27. The molecule has 3 aromatic rings. The minimum absolute atomic E-state index is 0.126. The minimum atomic E-state index is -0.343. The van der Waals surface area contributed by atoms with Crippen LogP contribution in [0, 0.1) is 0 Å². The summed E-state index contributed by atoms with van der Waals surface area (Å²) in [6.45, 7) is 6.52. The van der Waals surface area contributed by atoms with Gasteiger partial charge < -0.3 is 9.47 Å². The topological polar surface area (TPSA) is 77.5 Å². The van der Waals surface area contributed by atoms with Crippen LogP contribution in [-0.2, 0) is 4.74 Å². The first-order valence-corrected chi connectivity index (χ1v) is 11.0. The fourth-order valence-corrected chi connectivity index (χ4v) is 3.57. The largest absolute Gasteiger partial charge is 0.491 e. The number of rotatable bonds is 9. The predicted octanol–water partition coefficient (Wildman–Crippen LogP) is 5.68. The van der Waals surface area contributed by atoms with E-state index in [4.69, 9.17) is 9.47 Å². The van der Waals surface area contributed by atoms with Crippen molar-refractivity contribution < 1.29 is 19.1 Å². The number of unbranched alkanes of at least 4 members (excludes halogenated alkanes) is 1. The van der Waals surface area contributed by atoms with Crippen molar-refractivity contribution in [3.05, 3.63) is 53.6 Å². The van der Waals surface area contributed by atoms with E-state index in [9.17, 15) is 9.59 Å². The summed E-state index contributed by atoms with van der Waals surface area (Å²) in [5, 5.41) is 3.30. The molecule has 1 aromatic heterocycles. The average Bonchev–Trinajstić information content (AvgIpc) is 3.15. The van der Waals surface area contributed by atoms with Gasteiger partial charge in [-0.15, -0.1) is 0 Å². The average molecular weight is 427 g/mol. The predicted molar refractivity (Wildman–Crippen MR) is 120 cm³/mol. The molecule has 7 heteroatoms. The number of ether oxygens (including phenoxy) is 2. The molecule has 1 amide bonds. The fraction of sp³-hybridized carbons (Fsp3) is 0.348. The van der Waals surface area contributed by atoms with Crippen LogP contribution in [0.1, 0.15) is 60.7 Å². The van der Waals surface area contributed by atoms with Gasteiger partial charge in [-0.1, -0.05) is 31.6 Å². The van der Waals surface area contributed by atoms with Gasteiger partial charge in [0.1, 0.15) is 5.75 Å². The number of fused-ring (bicyclic) bond motifs is 1. The van der Waals surface area contributed by atoms with Crippen molar-refractivity contribution in [1.29, 1.82) is 0 Å². The lowest BCUT2D eigenvalue weighted by molar-refractivity contribution is 0.0500. The molecule has 1 N–H and O–H groups in total. The van der Waals surface area contributed by atoms with E-state index in [0.29, 0.717) is 22.9 Å². The highest BCUT2D eigenvalue weighted by molar-refractivity contribution is 7.22. The molecule has 0 aliphatic rings. The number of carbonyl (C=O) groups is 2. The summed E-state index contributed by atoms with van der Waals surface area (Å²) < 4.78 is 11.8. The van der Waals surface area contributed by atoms with Gasteiger partial charge in [0.25, 0.3) is 5.91 Å². The van der Waals surface area contributed by atoms with Crippen LogP contribution in [0.15, 0.2) is 42.5 Å². The number of aromatic nitrogens is 1. The van der Waals surface area contributed by atoms with Gasteiger partial charge in [0.2, 0.25) is 0 Å². The van der Waals surface area contributed by atoms with E-state index in [2.05, 4.69) is 17.2 Å². The fourth-order valence-electron chi connectivity index (χ4n) is 2.67. The second-order valence-electron chi connectivity index (χ2n) is 7.01. The van der Waals surface area contributed by atoms with Crippen LogP contribution >= 0.6 is 11.3 Å². The van der Waals surface area contributed by atoms with Gasteiger partial charge in [0, 0.05) is 5.56 Å². The number of benzene rings is 2. The number of anilines is 1. The molecule has 0 spiro atoms. The number of hydrogen-bond acceptors (Lipinski definition) is 6. The van der Waals surface area contributed by atoms with E-state index in [0.717, 1.165) is 35.2 Å². The molecule has 0 aliphatic heterocycles. The molecule has 0 saturated heterocycles. The van der Waals surface area contributed by atoms with Crippen LogP contribution in [0.4, 0.5) is 5.13 Å². The van der Waals surface area contributed by atoms with Crippen molar-refractivity contribution in [2.75, 3.05) is 11.9 Å². The second kappa shape index (κ2) is 10.2. The molecule has 0 radical (unpaired) electrons. The van der Waals surface area contributed by atoms with E-state index >= 15 is 0 Å². The minimum Gasteiger partial charge on any atom is -0.491 e. The molecular formula is C23H26N2O4S. The van der Waals surface area contributed by atoms with Gasteiger partial charge in [0.15, 0.2) is 5.13 Å². The van der Waals surface area contributed by atoms with Crippen molar-refractivity contribution in [3.63, 3.8) is 0 Å². The SMILES string of the molecule is CCCCOC(=O)c1ccc2nc(NC(=O)c3ccc(O[C@H](C)CC)cc3)sc2c1. The van der Waals surface area contributed by atoms with Crippen molar-refractivity contribution in [1.82, 2.24) is 4.98 Å². The lowest BCUT2D eigenvalue weighted by Gasteiger charge is -2.12. The Balaban J connectivity index is 1.66. The van der Waals surface area contributed by atoms with Crippen LogP contribution in [-0.4, -0.2) is 29.6 Å². The monoisotopic (exact) mass is 426 g/mol. The first kappa shape index (κ1) is 21.8. The Kier molecular flexibility index (Phi) is 7.41. The number of carbonyl (C=O) groups excluding carboxylic acids is 2. The van der Waals surface area contributed by atoms with Crippen LogP contribution in [0.25, 0.3) is 10.2 Å². The number of nitrogens with zero attached hydrogens (tertiary/aromatic N) is 1. The van der Waals surface area contributed by atoms with Gasteiger partial charge in [-0.2, -0.15) is 0 Å². The zero-order valence-corrected chi connectivity index (χ0v) is 18.3. The summed E-state index contributed by atoms with van der Waals surface area (Å²) in [6.07, 6.45) is 2.85. The second-order valence-corrected chi connectivity index (χ2v) is 8.04. The first-order chi connectivity index (χ1) is 14.5. The van der Waals surface area contributed by atoms with Gasteiger partial charge >= 0.3 is 5.97 Å². The molecule has 0 aliphatic carbocycles. The molecule has 1 atom stereocenters. The van der Waals surface area contributed by atoms with Crippen LogP contribution < -0.4 is 10.1 Å². The zero-order valence-electron chi connectivity index (χ0n) is 17.4. The quantitative estimate of drug-likeness (QED) is 0.352. The van der Waals surface area contributed by atoms with Crippen molar-refractivity contribution in [2.45, 2.75) is 46.1 Å². The zero-order chi connectivity index (χ0) is 21.5. The summed E-state index contributed by atoms with van der Waals surface area (Å²) in [7, 11) is 0. The molecular weight excluding hydrogens is 400 g/mol. The van der Waals surface area contributed by atoms with Crippen LogP contribution in [0.2, 0.25) is 0 Å². The summed E-state index contributed by atoms with van der Waals surface area (Å²) in [5.41, 5.74) is 1.72. The summed E-state index contributed by atoms with van der Waals surface area (Å²) in [4.78, 5) is 29.1. The van der Waals surface area contributed by atoms with Crippen LogP contribution in [0.3, 0.4) is 0 Å². The lowest BCUT2D eigenvalue weighted by Crippen LogP contribution is -2.12. The molecule has 158 valence electrons. The normalized spacial score (nSPS) is 11.8. The van der Waals surface area contributed by atoms with E-state index < -0.39 is 0 Å². The molecule has 1 heterocycles. The molecule has 30 heavy (non-hydrogen) atoms. The van der Waals surface area contributed by atoms with Gasteiger partial charge in [-0.05, 0) is 62.2 Å². The molecule has 0 fully saturated rings. The number of thiazole rings is 1. The van der Waals surface area contributed by atoms with E-state index in [-0.39, 0.29) is 18.0 Å². The Bertz CT molecular complexity index is 1010. The van der Waals surface area contributed by atoms with E-state index in [1.54, 1.807) is 42.5 Å². The van der Waals surface area contributed by atoms with Crippen molar-refractivity contribution >= 4 is 38.6 Å². The standard InChI is InChI=1S/C23H26N2O4S/c1-4-6-13-28-22(27)17-9-12-19-20(14-17)30-23(24-19)25-21(26)16-7-10-18(11-8-16)29-15(3)5-2/h7-12,14-15H,4-6,13H2,1-3H3,(H,24,25,26)/t15-/m1/s1.